The molecule has 3 nitrogen and oxygen atoms in total. The number of likely N-dealkylation sites (N-methyl/N-ethyl adjacent to an activating group) is 1. The lowest BCUT2D eigenvalue weighted by molar-refractivity contribution is -0.119. The van der Waals surface area contributed by atoms with Crippen LogP contribution in [0.25, 0.3) is 0 Å². The fourth-order valence-electron chi connectivity index (χ4n) is 2.10. The van der Waals surface area contributed by atoms with Crippen LogP contribution in [0.2, 0.25) is 0 Å². The van der Waals surface area contributed by atoms with Crippen molar-refractivity contribution in [3.63, 3.8) is 0 Å². The molecule has 2 rings (SSSR count). The molecule has 1 saturated heterocycles. The molecule has 1 aliphatic rings. The van der Waals surface area contributed by atoms with Gasteiger partial charge in [0.1, 0.15) is 5.75 Å². The Morgan fingerprint density at radius 1 is 1.40 bits per heavy atom. The molecule has 3 heteroatoms. The first-order valence-corrected chi connectivity index (χ1v) is 5.10. The van der Waals surface area contributed by atoms with Crippen molar-refractivity contribution in [2.24, 2.45) is 0 Å². The normalized spacial score (nSPS) is 22.0. The summed E-state index contributed by atoms with van der Waals surface area (Å²) >= 11 is 0. The quantitative estimate of drug-likeness (QED) is 0.735. The fourth-order valence-corrected chi connectivity index (χ4v) is 2.10. The highest BCUT2D eigenvalue weighted by Gasteiger charge is 2.32. The molecule has 1 atom stereocenters. The Labute approximate surface area is 89.7 Å². The summed E-state index contributed by atoms with van der Waals surface area (Å²) in [5.41, 5.74) is 0.977. The molecule has 1 heterocycles. The van der Waals surface area contributed by atoms with Crippen molar-refractivity contribution in [1.29, 1.82) is 0 Å². The van der Waals surface area contributed by atoms with Gasteiger partial charge >= 0.3 is 0 Å². The van der Waals surface area contributed by atoms with E-state index in [4.69, 9.17) is 4.74 Å². The minimum Gasteiger partial charge on any atom is -0.496 e. The molecule has 0 radical (unpaired) electrons. The predicted molar refractivity (Wildman–Crippen MR) is 58.0 cm³/mol. The molecule has 0 aliphatic carbocycles. The third-order valence-electron chi connectivity index (χ3n) is 2.89. The zero-order chi connectivity index (χ0) is 10.8. The van der Waals surface area contributed by atoms with Crippen LogP contribution in [0, 0.1) is 0 Å². The van der Waals surface area contributed by atoms with Gasteiger partial charge in [-0.2, -0.15) is 0 Å². The van der Waals surface area contributed by atoms with E-state index in [-0.39, 0.29) is 11.8 Å². The Kier molecular flexibility index (Phi) is 2.73. The summed E-state index contributed by atoms with van der Waals surface area (Å²) in [5, 5.41) is 0. The van der Waals surface area contributed by atoms with Crippen molar-refractivity contribution in [2.75, 3.05) is 20.7 Å². The molecular formula is C12H15NO2. The van der Waals surface area contributed by atoms with E-state index >= 15 is 0 Å². The van der Waals surface area contributed by atoms with Crippen LogP contribution in [0.5, 0.6) is 5.75 Å². The zero-order valence-corrected chi connectivity index (χ0v) is 9.06. The number of nitrogens with zero attached hydrogens (tertiary/aromatic N) is 1. The van der Waals surface area contributed by atoms with Gasteiger partial charge in [0.25, 0.3) is 0 Å². The van der Waals surface area contributed by atoms with Crippen LogP contribution in [0.1, 0.15) is 18.0 Å². The Bertz CT molecular complexity index is 376. The van der Waals surface area contributed by atoms with Crippen LogP contribution in [0.15, 0.2) is 24.3 Å². The number of ether oxygens (including phenoxy) is 1. The van der Waals surface area contributed by atoms with Gasteiger partial charge in [-0.3, -0.25) is 9.69 Å². The number of para-hydroxylation sites is 1. The molecule has 1 unspecified atom stereocenters. The highest BCUT2D eigenvalue weighted by atomic mass is 16.5. The Morgan fingerprint density at radius 3 is 2.73 bits per heavy atom. The summed E-state index contributed by atoms with van der Waals surface area (Å²) < 4.78 is 5.28. The number of benzene rings is 1. The second-order valence-electron chi connectivity index (χ2n) is 3.84. The molecule has 15 heavy (non-hydrogen) atoms. The van der Waals surface area contributed by atoms with Gasteiger partial charge in [-0.25, -0.2) is 0 Å². The SMILES string of the molecule is COc1ccccc1C1C(=O)CCN1C. The lowest BCUT2D eigenvalue weighted by Gasteiger charge is -2.20. The summed E-state index contributed by atoms with van der Waals surface area (Å²) in [6.45, 7) is 0.835. The highest BCUT2D eigenvalue weighted by molar-refractivity contribution is 5.88. The third kappa shape index (κ3) is 1.75. The van der Waals surface area contributed by atoms with E-state index in [9.17, 15) is 4.79 Å². The second kappa shape index (κ2) is 4.03. The van der Waals surface area contributed by atoms with E-state index in [2.05, 4.69) is 4.90 Å². The molecule has 0 N–H and O–H groups in total. The largest absolute Gasteiger partial charge is 0.496 e. The van der Waals surface area contributed by atoms with Crippen LogP contribution in [0.4, 0.5) is 0 Å². The Morgan fingerprint density at radius 2 is 2.13 bits per heavy atom. The minimum absolute atomic E-state index is 0.124. The number of carbonyl (C=O) groups excluding carboxylic acids is 1. The van der Waals surface area contributed by atoms with Crippen molar-refractivity contribution < 1.29 is 9.53 Å². The maximum absolute atomic E-state index is 11.8. The van der Waals surface area contributed by atoms with Crippen molar-refractivity contribution >= 4 is 5.78 Å². The van der Waals surface area contributed by atoms with E-state index in [1.54, 1.807) is 7.11 Å². The van der Waals surface area contributed by atoms with Gasteiger partial charge in [-0.05, 0) is 13.1 Å². The summed E-state index contributed by atoms with van der Waals surface area (Å²) in [4.78, 5) is 13.8. The standard InChI is InChI=1S/C12H15NO2/c1-13-8-7-10(14)12(13)9-5-3-4-6-11(9)15-2/h3-6,12H,7-8H2,1-2H3. The first-order chi connectivity index (χ1) is 7.24. The highest BCUT2D eigenvalue weighted by Crippen LogP contribution is 2.33. The Balaban J connectivity index is 2.39. The lowest BCUT2D eigenvalue weighted by atomic mass is 10.0. The fraction of sp³-hybridized carbons (Fsp3) is 0.417. The first-order valence-electron chi connectivity index (χ1n) is 5.10. The van der Waals surface area contributed by atoms with Gasteiger partial charge in [0, 0.05) is 18.5 Å². The average Bonchev–Trinajstić information content (AvgIpc) is 2.59. The monoisotopic (exact) mass is 205 g/mol. The molecule has 0 saturated carbocycles. The number of likely N-dealkylation sites (tertiary alicyclic amines) is 1. The number of methoxy groups -OCH3 is 1. The van der Waals surface area contributed by atoms with E-state index in [0.29, 0.717) is 6.42 Å². The van der Waals surface area contributed by atoms with Crippen molar-refractivity contribution in [3.8, 4) is 5.75 Å². The van der Waals surface area contributed by atoms with Gasteiger partial charge in [0.15, 0.2) is 5.78 Å². The van der Waals surface area contributed by atoms with Gasteiger partial charge in [0.05, 0.1) is 13.2 Å². The smallest absolute Gasteiger partial charge is 0.155 e. The first kappa shape index (κ1) is 10.2. The molecule has 1 aliphatic heterocycles. The molecule has 1 aromatic carbocycles. The zero-order valence-electron chi connectivity index (χ0n) is 9.06. The van der Waals surface area contributed by atoms with Crippen LogP contribution in [-0.4, -0.2) is 31.4 Å². The van der Waals surface area contributed by atoms with Crippen LogP contribution in [0.3, 0.4) is 0 Å². The molecule has 0 spiro atoms. The molecule has 0 amide bonds. The van der Waals surface area contributed by atoms with E-state index in [0.717, 1.165) is 17.9 Å². The van der Waals surface area contributed by atoms with Crippen molar-refractivity contribution in [1.82, 2.24) is 4.90 Å². The lowest BCUT2D eigenvalue weighted by Crippen LogP contribution is -2.21. The number of ketones is 1. The molecule has 0 bridgehead atoms. The van der Waals surface area contributed by atoms with Crippen LogP contribution >= 0.6 is 0 Å². The molecular weight excluding hydrogens is 190 g/mol. The molecule has 0 aromatic heterocycles. The summed E-state index contributed by atoms with van der Waals surface area (Å²) in [6, 6.07) is 7.60. The van der Waals surface area contributed by atoms with E-state index in [1.165, 1.54) is 0 Å². The number of Topliss-reactive ketones (excluding diaryl/α,β-unsaturated/α-hetero) is 1. The van der Waals surface area contributed by atoms with Crippen LogP contribution < -0.4 is 4.74 Å². The second-order valence-corrected chi connectivity index (χ2v) is 3.84. The van der Waals surface area contributed by atoms with E-state index in [1.807, 2.05) is 31.3 Å². The number of hydrogen-bond donors (Lipinski definition) is 0. The van der Waals surface area contributed by atoms with Gasteiger partial charge in [0.2, 0.25) is 0 Å². The summed E-state index contributed by atoms with van der Waals surface area (Å²) in [5.74, 6) is 1.08. The van der Waals surface area contributed by atoms with Gasteiger partial charge < -0.3 is 4.74 Å². The third-order valence-corrected chi connectivity index (χ3v) is 2.89. The number of rotatable bonds is 2. The summed E-state index contributed by atoms with van der Waals surface area (Å²) in [6.07, 6.45) is 0.638. The average molecular weight is 205 g/mol. The number of carbonyl (C=O) groups is 1. The predicted octanol–water partition coefficient (Wildman–Crippen LogP) is 1.64. The maximum Gasteiger partial charge on any atom is 0.155 e. The van der Waals surface area contributed by atoms with Gasteiger partial charge in [-0.15, -0.1) is 0 Å². The molecule has 1 fully saturated rings. The van der Waals surface area contributed by atoms with Crippen molar-refractivity contribution in [2.45, 2.75) is 12.5 Å². The Hall–Kier alpha value is -1.35. The number of hydrogen-bond acceptors (Lipinski definition) is 3. The minimum atomic E-state index is -0.124. The topological polar surface area (TPSA) is 29.5 Å². The molecule has 1 aromatic rings. The summed E-state index contributed by atoms with van der Waals surface area (Å²) in [7, 11) is 3.61. The van der Waals surface area contributed by atoms with Crippen LogP contribution in [-0.2, 0) is 4.79 Å². The van der Waals surface area contributed by atoms with E-state index < -0.39 is 0 Å². The van der Waals surface area contributed by atoms with Gasteiger partial charge in [-0.1, -0.05) is 18.2 Å². The maximum atomic E-state index is 11.8. The molecule has 80 valence electrons. The van der Waals surface area contributed by atoms with Crippen molar-refractivity contribution in [3.05, 3.63) is 29.8 Å².